The van der Waals surface area contributed by atoms with Crippen LogP contribution < -0.4 is 4.90 Å². The zero-order valence-electron chi connectivity index (χ0n) is 13.3. The Hall–Kier alpha value is -1.13. The van der Waals surface area contributed by atoms with Crippen LogP contribution in [0.2, 0.25) is 0 Å². The third-order valence-corrected chi connectivity index (χ3v) is 4.83. The molecule has 0 saturated carbocycles. The number of aromatic nitrogens is 1. The van der Waals surface area contributed by atoms with Gasteiger partial charge in [0.15, 0.2) is 0 Å². The van der Waals surface area contributed by atoms with Crippen LogP contribution in [0.15, 0.2) is 12.1 Å². The zero-order valence-corrected chi connectivity index (χ0v) is 13.3. The van der Waals surface area contributed by atoms with Crippen LogP contribution in [0.4, 0.5) is 5.82 Å². The van der Waals surface area contributed by atoms with Gasteiger partial charge in [0.05, 0.1) is 6.61 Å². The summed E-state index contributed by atoms with van der Waals surface area (Å²) in [5.41, 5.74) is 2.07. The number of piperidine rings is 1. The molecule has 2 saturated heterocycles. The number of aliphatic hydroxyl groups is 1. The third-order valence-electron chi connectivity index (χ3n) is 4.83. The molecule has 0 radical (unpaired) electrons. The molecule has 4 heteroatoms. The summed E-state index contributed by atoms with van der Waals surface area (Å²) in [6, 6.07) is 4.78. The fourth-order valence-electron chi connectivity index (χ4n) is 3.51. The minimum Gasteiger partial charge on any atom is -0.392 e. The maximum absolute atomic E-state index is 9.50. The van der Waals surface area contributed by atoms with Crippen LogP contribution in [0, 0.1) is 0 Å². The highest BCUT2D eigenvalue weighted by Gasteiger charge is 2.29. The van der Waals surface area contributed by atoms with E-state index >= 15 is 0 Å². The highest BCUT2D eigenvalue weighted by atomic mass is 16.3. The molecular formula is C17H27N3O. The van der Waals surface area contributed by atoms with Gasteiger partial charge in [-0.15, -0.1) is 0 Å². The minimum absolute atomic E-state index is 0.0959. The van der Waals surface area contributed by atoms with Crippen molar-refractivity contribution in [3.05, 3.63) is 23.4 Å². The van der Waals surface area contributed by atoms with E-state index < -0.39 is 0 Å². The topological polar surface area (TPSA) is 39.6 Å². The van der Waals surface area contributed by atoms with Crippen LogP contribution in [0.25, 0.3) is 0 Å². The molecule has 2 aliphatic heterocycles. The smallest absolute Gasteiger partial charge is 0.129 e. The minimum atomic E-state index is 0.0959. The molecule has 0 aromatic carbocycles. The summed E-state index contributed by atoms with van der Waals surface area (Å²) in [4.78, 5) is 9.89. The molecule has 1 aromatic heterocycles. The number of hydrogen-bond acceptors (Lipinski definition) is 4. The maximum Gasteiger partial charge on any atom is 0.129 e. The van der Waals surface area contributed by atoms with Crippen LogP contribution in [0.1, 0.15) is 50.3 Å². The Balaban J connectivity index is 1.81. The molecule has 1 atom stereocenters. The first-order valence-electron chi connectivity index (χ1n) is 8.28. The molecule has 1 unspecified atom stereocenters. The van der Waals surface area contributed by atoms with Gasteiger partial charge in [0.2, 0.25) is 0 Å². The average molecular weight is 289 g/mol. The lowest BCUT2D eigenvalue weighted by atomic mass is 9.99. The molecule has 4 nitrogen and oxygen atoms in total. The molecule has 1 aromatic rings. The van der Waals surface area contributed by atoms with Crippen LogP contribution >= 0.6 is 0 Å². The number of fused-ring (bicyclic) bond motifs is 1. The molecule has 2 aliphatic rings. The largest absolute Gasteiger partial charge is 0.392 e. The second kappa shape index (κ2) is 6.32. The SMILES string of the molecule is CC(C)c1cc(CO)cc(N2CCN3CCCCC3C2)n1. The van der Waals surface area contributed by atoms with Crippen molar-refractivity contribution >= 4 is 5.82 Å². The summed E-state index contributed by atoms with van der Waals surface area (Å²) >= 11 is 0. The molecule has 0 amide bonds. The van der Waals surface area contributed by atoms with E-state index in [0.29, 0.717) is 12.0 Å². The molecule has 0 bridgehead atoms. The van der Waals surface area contributed by atoms with E-state index in [1.165, 1.54) is 25.8 Å². The van der Waals surface area contributed by atoms with E-state index in [0.717, 1.165) is 36.7 Å². The van der Waals surface area contributed by atoms with Crippen LogP contribution in [0.5, 0.6) is 0 Å². The van der Waals surface area contributed by atoms with Crippen LogP contribution in [0.3, 0.4) is 0 Å². The van der Waals surface area contributed by atoms with Gasteiger partial charge >= 0.3 is 0 Å². The molecule has 0 spiro atoms. The maximum atomic E-state index is 9.50. The first-order chi connectivity index (χ1) is 10.2. The van der Waals surface area contributed by atoms with Crippen LogP contribution in [-0.2, 0) is 6.61 Å². The number of pyridine rings is 1. The van der Waals surface area contributed by atoms with Crippen molar-refractivity contribution in [3.63, 3.8) is 0 Å². The lowest BCUT2D eigenvalue weighted by Crippen LogP contribution is -2.55. The Kier molecular flexibility index (Phi) is 4.45. The van der Waals surface area contributed by atoms with E-state index in [4.69, 9.17) is 4.98 Å². The van der Waals surface area contributed by atoms with Crippen molar-refractivity contribution in [2.24, 2.45) is 0 Å². The number of piperazine rings is 1. The molecule has 2 fully saturated rings. The number of rotatable bonds is 3. The number of aliphatic hydroxyl groups excluding tert-OH is 1. The molecule has 3 heterocycles. The van der Waals surface area contributed by atoms with E-state index in [9.17, 15) is 5.11 Å². The van der Waals surface area contributed by atoms with Gasteiger partial charge in [0, 0.05) is 31.4 Å². The normalized spacial score (nSPS) is 23.4. The van der Waals surface area contributed by atoms with Gasteiger partial charge < -0.3 is 10.0 Å². The molecule has 1 N–H and O–H groups in total. The summed E-state index contributed by atoms with van der Waals surface area (Å²) in [7, 11) is 0. The average Bonchev–Trinajstić information content (AvgIpc) is 2.53. The Bertz CT molecular complexity index is 489. The lowest BCUT2D eigenvalue weighted by molar-refractivity contribution is 0.133. The Morgan fingerprint density at radius 1 is 1.24 bits per heavy atom. The van der Waals surface area contributed by atoms with E-state index in [1.807, 2.05) is 6.07 Å². The van der Waals surface area contributed by atoms with E-state index in [1.54, 1.807) is 0 Å². The Morgan fingerprint density at radius 2 is 2.10 bits per heavy atom. The summed E-state index contributed by atoms with van der Waals surface area (Å²) in [6.45, 7) is 8.96. The van der Waals surface area contributed by atoms with E-state index in [-0.39, 0.29) is 6.61 Å². The molecule has 116 valence electrons. The summed E-state index contributed by atoms with van der Waals surface area (Å²) in [6.07, 6.45) is 4.02. The van der Waals surface area contributed by atoms with Crippen molar-refractivity contribution in [3.8, 4) is 0 Å². The van der Waals surface area contributed by atoms with Crippen molar-refractivity contribution in [1.82, 2.24) is 9.88 Å². The van der Waals surface area contributed by atoms with Gasteiger partial charge in [-0.25, -0.2) is 4.98 Å². The molecular weight excluding hydrogens is 262 g/mol. The quantitative estimate of drug-likeness (QED) is 0.927. The monoisotopic (exact) mass is 289 g/mol. The van der Waals surface area contributed by atoms with Crippen LogP contribution in [-0.4, -0.2) is 47.2 Å². The standard InChI is InChI=1S/C17H27N3O/c1-13(2)16-9-14(12-21)10-17(18-16)20-8-7-19-6-4-3-5-15(19)11-20/h9-10,13,15,21H,3-8,11-12H2,1-2H3. The van der Waals surface area contributed by atoms with E-state index in [2.05, 4.69) is 29.7 Å². The Labute approximate surface area is 127 Å². The van der Waals surface area contributed by atoms with Crippen molar-refractivity contribution in [2.75, 3.05) is 31.1 Å². The fourth-order valence-corrected chi connectivity index (χ4v) is 3.51. The summed E-state index contributed by atoms with van der Waals surface area (Å²) < 4.78 is 0. The lowest BCUT2D eigenvalue weighted by Gasteiger charge is -2.44. The Morgan fingerprint density at radius 3 is 2.86 bits per heavy atom. The highest BCUT2D eigenvalue weighted by molar-refractivity contribution is 5.44. The second-order valence-electron chi connectivity index (χ2n) is 6.70. The van der Waals surface area contributed by atoms with Gasteiger partial charge in [-0.1, -0.05) is 20.3 Å². The van der Waals surface area contributed by atoms with Gasteiger partial charge in [0.25, 0.3) is 0 Å². The van der Waals surface area contributed by atoms with Crippen molar-refractivity contribution in [2.45, 2.75) is 51.7 Å². The first-order valence-corrected chi connectivity index (χ1v) is 8.28. The van der Waals surface area contributed by atoms with Gasteiger partial charge in [0.1, 0.15) is 5.82 Å². The summed E-state index contributed by atoms with van der Waals surface area (Å²) in [5.74, 6) is 1.45. The molecule has 0 aliphatic carbocycles. The predicted octanol–water partition coefficient (Wildman–Crippen LogP) is 2.37. The molecule has 3 rings (SSSR count). The third kappa shape index (κ3) is 3.22. The first kappa shape index (κ1) is 14.8. The molecule has 21 heavy (non-hydrogen) atoms. The van der Waals surface area contributed by atoms with Gasteiger partial charge in [-0.3, -0.25) is 4.90 Å². The second-order valence-corrected chi connectivity index (χ2v) is 6.70. The fraction of sp³-hybridized carbons (Fsp3) is 0.706. The number of anilines is 1. The highest BCUT2D eigenvalue weighted by Crippen LogP contribution is 2.26. The zero-order chi connectivity index (χ0) is 14.8. The predicted molar refractivity (Wildman–Crippen MR) is 85.7 cm³/mol. The van der Waals surface area contributed by atoms with Crippen molar-refractivity contribution in [1.29, 1.82) is 0 Å². The number of nitrogens with zero attached hydrogens (tertiary/aromatic N) is 3. The van der Waals surface area contributed by atoms with Crippen molar-refractivity contribution < 1.29 is 5.11 Å². The number of hydrogen-bond donors (Lipinski definition) is 1. The van der Waals surface area contributed by atoms with Gasteiger partial charge in [-0.2, -0.15) is 0 Å². The summed E-state index contributed by atoms with van der Waals surface area (Å²) in [5, 5.41) is 9.50. The van der Waals surface area contributed by atoms with Gasteiger partial charge in [-0.05, 0) is 43.0 Å².